The second-order valence-corrected chi connectivity index (χ2v) is 12.7. The van der Waals surface area contributed by atoms with Crippen LogP contribution in [0.5, 0.6) is 0 Å². The van der Waals surface area contributed by atoms with Crippen LogP contribution in [-0.2, 0) is 33.2 Å². The van der Waals surface area contributed by atoms with Crippen LogP contribution in [0.25, 0.3) is 0 Å². The number of hydrogen-bond acceptors (Lipinski definition) is 19. The topological polar surface area (TPSA) is 350 Å². The first-order valence-electron chi connectivity index (χ1n) is 15.2. The Morgan fingerprint density at radius 3 is 2.00 bits per heavy atom. The molecule has 266 valence electrons. The minimum Gasteiger partial charge on any atom is -0.394 e. The van der Waals surface area contributed by atoms with Gasteiger partial charge in [-0.15, -0.1) is 0 Å². The molecule has 5 aliphatic rings. The lowest BCUT2D eigenvalue weighted by atomic mass is 9.64. The lowest BCUT2D eigenvalue weighted by Gasteiger charge is -2.51. The van der Waals surface area contributed by atoms with E-state index < -0.39 is 135 Å². The lowest BCUT2D eigenvalue weighted by molar-refractivity contribution is -0.352. The van der Waals surface area contributed by atoms with Crippen molar-refractivity contribution in [3.8, 4) is 0 Å². The van der Waals surface area contributed by atoms with Crippen molar-refractivity contribution in [1.29, 1.82) is 0 Å². The van der Waals surface area contributed by atoms with Crippen LogP contribution in [0.3, 0.4) is 0 Å². The summed E-state index contributed by atoms with van der Waals surface area (Å²) in [6, 6.07) is -4.17. The van der Waals surface area contributed by atoms with Crippen molar-refractivity contribution < 1.29 is 74.1 Å². The highest BCUT2D eigenvalue weighted by molar-refractivity contribution is 5.72. The third kappa shape index (κ3) is 6.30. The lowest BCUT2D eigenvalue weighted by Crippen LogP contribution is -2.69. The smallest absolute Gasteiger partial charge is 0.216 e. The number of nitrogens with two attached hydrogens (primary N) is 4. The molecule has 1 amide bonds. The summed E-state index contributed by atoms with van der Waals surface area (Å²) in [5.74, 6) is -4.21. The second kappa shape index (κ2) is 13.9. The Balaban J connectivity index is 1.28. The van der Waals surface area contributed by atoms with Crippen molar-refractivity contribution in [2.45, 2.75) is 123 Å². The molecule has 17 N–H and O–H groups in total. The molecule has 3 saturated heterocycles. The highest BCUT2D eigenvalue weighted by atomic mass is 16.8. The van der Waals surface area contributed by atoms with Crippen LogP contribution >= 0.6 is 0 Å². The zero-order valence-electron chi connectivity index (χ0n) is 25.0. The number of aliphatic hydroxyl groups excluding tert-OH is 7. The summed E-state index contributed by atoms with van der Waals surface area (Å²) in [5.41, 5.74) is 24.7. The summed E-state index contributed by atoms with van der Waals surface area (Å²) in [7, 11) is 0. The number of rotatable bonds is 10. The molecule has 20 atom stereocenters. The summed E-state index contributed by atoms with van der Waals surface area (Å²) < 4.78 is 34.8. The Bertz CT molecular complexity index is 1070. The number of nitrogens with one attached hydrogen (secondary N) is 1. The van der Waals surface area contributed by atoms with E-state index in [-0.39, 0.29) is 18.9 Å². The van der Waals surface area contributed by atoms with E-state index in [1.165, 1.54) is 6.92 Å². The first-order valence-corrected chi connectivity index (χ1v) is 15.2. The predicted octanol–water partition coefficient (Wildman–Crippen LogP) is -8.48. The fraction of sp³-hybridized carbons (Fsp3) is 0.962. The van der Waals surface area contributed by atoms with Gasteiger partial charge < -0.3 is 97.5 Å². The van der Waals surface area contributed by atoms with Crippen LogP contribution in [0.15, 0.2) is 0 Å². The molecule has 0 aromatic heterocycles. The molecule has 20 heteroatoms. The van der Waals surface area contributed by atoms with Gasteiger partial charge >= 0.3 is 0 Å². The molecule has 0 radical (unpaired) electrons. The molecule has 0 spiro atoms. The van der Waals surface area contributed by atoms with E-state index in [0.717, 1.165) is 0 Å². The van der Waals surface area contributed by atoms with Crippen molar-refractivity contribution in [3.05, 3.63) is 0 Å². The summed E-state index contributed by atoms with van der Waals surface area (Å²) >= 11 is 0. The van der Waals surface area contributed by atoms with Gasteiger partial charge in [0.1, 0.15) is 48.8 Å². The van der Waals surface area contributed by atoms with Gasteiger partial charge in [-0.25, -0.2) is 0 Å². The average molecular weight is 670 g/mol. The number of fused-ring (bicyclic) bond motifs is 1. The first kappa shape index (κ1) is 36.0. The summed E-state index contributed by atoms with van der Waals surface area (Å²) in [6.07, 6.45) is -18.0. The Morgan fingerprint density at radius 1 is 0.761 bits per heavy atom. The maximum atomic E-state index is 11.4. The molecule has 3 heterocycles. The van der Waals surface area contributed by atoms with Crippen molar-refractivity contribution in [3.63, 3.8) is 0 Å². The normalized spacial score (nSPS) is 53.9. The number of amides is 1. The highest BCUT2D eigenvalue weighted by Gasteiger charge is 2.71. The molecular weight excluding hydrogens is 622 g/mol. The second-order valence-electron chi connectivity index (χ2n) is 12.7. The number of hydrogen-bond donors (Lipinski definition) is 13. The van der Waals surface area contributed by atoms with Crippen LogP contribution < -0.4 is 28.3 Å². The SMILES string of the molecule is CC(=O)NCC1C(O)C2C(N)C(OC3C(CO)OC(OC4C(O)C(N)CC(N)C4OC4OC(CO)C(O)C(O)C4N)C3O)OC12O. The molecule has 0 bridgehead atoms. The zero-order chi connectivity index (χ0) is 33.8. The number of carbonyl (C=O) groups excluding carboxylic acids is 1. The fourth-order valence-electron chi connectivity index (χ4n) is 7.04. The monoisotopic (exact) mass is 669 g/mol. The maximum Gasteiger partial charge on any atom is 0.216 e. The van der Waals surface area contributed by atoms with Crippen molar-refractivity contribution >= 4 is 5.91 Å². The van der Waals surface area contributed by atoms with Gasteiger partial charge in [0.25, 0.3) is 0 Å². The third-order valence-corrected chi connectivity index (χ3v) is 9.73. The largest absolute Gasteiger partial charge is 0.394 e. The van der Waals surface area contributed by atoms with Crippen molar-refractivity contribution in [2.75, 3.05) is 19.8 Å². The van der Waals surface area contributed by atoms with Gasteiger partial charge in [-0.1, -0.05) is 0 Å². The van der Waals surface area contributed by atoms with E-state index in [1.807, 2.05) is 0 Å². The summed E-state index contributed by atoms with van der Waals surface area (Å²) in [4.78, 5) is 11.4. The fourth-order valence-corrected chi connectivity index (χ4v) is 7.04. The van der Waals surface area contributed by atoms with E-state index in [0.29, 0.717) is 0 Å². The van der Waals surface area contributed by atoms with Crippen LogP contribution in [0.4, 0.5) is 0 Å². The average Bonchev–Trinajstić information content (AvgIpc) is 3.42. The zero-order valence-corrected chi connectivity index (χ0v) is 25.0. The number of ether oxygens (including phenoxy) is 6. The molecule has 0 aromatic rings. The standard InChI is InChI=1S/C26H47N5O15/c1-6(34)31-3-7-15(35)12-13(29)24(46-26(7,12)40)44-21-11(5-33)42-25(19(21)39)45-22-16(36)8(27)2-9(28)20(22)43-23-14(30)18(38)17(37)10(4-32)41-23/h7-25,32-33,35-40H,2-5,27-30H2,1H3,(H,31,34). The van der Waals surface area contributed by atoms with Gasteiger partial charge in [0.15, 0.2) is 24.7 Å². The minimum absolute atomic E-state index is 0.0527. The quantitative estimate of drug-likeness (QED) is 0.103. The number of carbonyl (C=O) groups is 1. The molecule has 20 nitrogen and oxygen atoms in total. The molecule has 5 fully saturated rings. The van der Waals surface area contributed by atoms with Crippen LogP contribution in [0.1, 0.15) is 13.3 Å². The van der Waals surface area contributed by atoms with Gasteiger partial charge in [0, 0.05) is 25.6 Å². The summed E-state index contributed by atoms with van der Waals surface area (Å²) in [6.45, 7) is -0.160. The Kier molecular flexibility index (Phi) is 10.9. The van der Waals surface area contributed by atoms with E-state index in [4.69, 9.17) is 51.4 Å². The number of aliphatic hydroxyl groups is 8. The van der Waals surface area contributed by atoms with E-state index >= 15 is 0 Å². The van der Waals surface area contributed by atoms with Gasteiger partial charge in [-0.05, 0) is 6.42 Å². The van der Waals surface area contributed by atoms with Gasteiger partial charge in [0.2, 0.25) is 5.91 Å². The van der Waals surface area contributed by atoms with Crippen LogP contribution in [0.2, 0.25) is 0 Å². The van der Waals surface area contributed by atoms with Gasteiger partial charge in [-0.3, -0.25) is 4.79 Å². The van der Waals surface area contributed by atoms with Crippen molar-refractivity contribution in [2.24, 2.45) is 34.8 Å². The van der Waals surface area contributed by atoms with Gasteiger partial charge in [0.05, 0.1) is 49.3 Å². The Morgan fingerprint density at radius 2 is 1.37 bits per heavy atom. The summed E-state index contributed by atoms with van der Waals surface area (Å²) in [5, 5.41) is 86.5. The molecule has 0 aromatic carbocycles. The first-order chi connectivity index (χ1) is 21.6. The van der Waals surface area contributed by atoms with E-state index in [2.05, 4.69) is 5.32 Å². The third-order valence-electron chi connectivity index (χ3n) is 9.73. The van der Waals surface area contributed by atoms with Crippen LogP contribution in [-0.4, -0.2) is 176 Å². The van der Waals surface area contributed by atoms with E-state index in [1.54, 1.807) is 0 Å². The molecule has 3 aliphatic heterocycles. The maximum absolute atomic E-state index is 11.4. The molecule has 2 aliphatic carbocycles. The van der Waals surface area contributed by atoms with Crippen LogP contribution in [0, 0.1) is 11.8 Å². The molecule has 5 rings (SSSR count). The molecule has 2 saturated carbocycles. The molecular formula is C26H47N5O15. The van der Waals surface area contributed by atoms with Crippen molar-refractivity contribution in [1.82, 2.24) is 5.32 Å². The predicted molar refractivity (Wildman–Crippen MR) is 148 cm³/mol. The molecule has 20 unspecified atom stereocenters. The Hall–Kier alpha value is -1.25. The molecule has 46 heavy (non-hydrogen) atoms. The Labute approximate surface area is 263 Å². The van der Waals surface area contributed by atoms with E-state index in [9.17, 15) is 45.6 Å². The minimum atomic E-state index is -1.94. The highest BCUT2D eigenvalue weighted by Crippen LogP contribution is 2.53. The van der Waals surface area contributed by atoms with Gasteiger partial charge in [-0.2, -0.15) is 0 Å².